The van der Waals surface area contributed by atoms with Gasteiger partial charge in [-0.05, 0) is 56.0 Å². The summed E-state index contributed by atoms with van der Waals surface area (Å²) in [4.78, 5) is 12.6. The number of amides is 1. The van der Waals surface area contributed by atoms with Gasteiger partial charge in [0.15, 0.2) is 5.69 Å². The molecule has 0 spiro atoms. The van der Waals surface area contributed by atoms with Crippen molar-refractivity contribution in [3.63, 3.8) is 0 Å². The molecule has 1 aromatic carbocycles. The molecule has 2 N–H and O–H groups in total. The minimum atomic E-state index is -0.141. The highest BCUT2D eigenvalue weighted by Crippen LogP contribution is 2.32. The molecule has 5 nitrogen and oxygen atoms in total. The van der Waals surface area contributed by atoms with E-state index in [1.807, 2.05) is 40.8 Å². The van der Waals surface area contributed by atoms with E-state index in [9.17, 15) is 4.79 Å². The van der Waals surface area contributed by atoms with Crippen molar-refractivity contribution in [2.24, 2.45) is 0 Å². The van der Waals surface area contributed by atoms with E-state index >= 15 is 0 Å². The summed E-state index contributed by atoms with van der Waals surface area (Å²) >= 11 is 2.05. The van der Waals surface area contributed by atoms with Gasteiger partial charge in [-0.25, -0.2) is 0 Å². The standard InChI is InChI=1S/C21H28N4OS/c26-21(20-10-12-25(24-20)18-7-4-11-22-14-18)23-17-6-3-5-16(13-17)15-27-19-8-1-2-9-19/h3,5-6,10,12-13,18-19,22H,1-2,4,7-9,11,14-15H2,(H,23,26). The molecule has 0 bridgehead atoms. The Balaban J connectivity index is 1.34. The number of carbonyl (C=O) groups is 1. The van der Waals surface area contributed by atoms with E-state index < -0.39 is 0 Å². The number of nitrogens with zero attached hydrogens (tertiary/aromatic N) is 2. The van der Waals surface area contributed by atoms with Crippen molar-refractivity contribution in [1.82, 2.24) is 15.1 Å². The Morgan fingerprint density at radius 2 is 2.11 bits per heavy atom. The number of piperidine rings is 1. The minimum Gasteiger partial charge on any atom is -0.321 e. The number of thioether (sulfide) groups is 1. The number of aromatic nitrogens is 2. The Morgan fingerprint density at radius 1 is 1.22 bits per heavy atom. The maximum absolute atomic E-state index is 12.6. The summed E-state index contributed by atoms with van der Waals surface area (Å²) in [5, 5.41) is 11.7. The first-order valence-electron chi connectivity index (χ1n) is 10.1. The van der Waals surface area contributed by atoms with Gasteiger partial charge in [-0.1, -0.05) is 25.0 Å². The van der Waals surface area contributed by atoms with Crippen molar-refractivity contribution in [3.05, 3.63) is 47.8 Å². The SMILES string of the molecule is O=C(Nc1cccc(CSC2CCCC2)c1)c1ccn(C2CCCNC2)n1. The molecule has 4 rings (SSSR count). The number of anilines is 1. The summed E-state index contributed by atoms with van der Waals surface area (Å²) in [5.41, 5.74) is 2.59. The topological polar surface area (TPSA) is 59.0 Å². The smallest absolute Gasteiger partial charge is 0.276 e. The van der Waals surface area contributed by atoms with E-state index in [0.29, 0.717) is 11.7 Å². The minimum absolute atomic E-state index is 0.141. The summed E-state index contributed by atoms with van der Waals surface area (Å²) < 4.78 is 1.93. The van der Waals surface area contributed by atoms with Gasteiger partial charge in [0.2, 0.25) is 0 Å². The highest BCUT2D eigenvalue weighted by Gasteiger charge is 2.18. The van der Waals surface area contributed by atoms with Crippen molar-refractivity contribution in [2.45, 2.75) is 55.6 Å². The average molecular weight is 385 g/mol. The van der Waals surface area contributed by atoms with Gasteiger partial charge in [-0.3, -0.25) is 9.48 Å². The lowest BCUT2D eigenvalue weighted by atomic mass is 10.1. The van der Waals surface area contributed by atoms with Crippen molar-refractivity contribution in [1.29, 1.82) is 0 Å². The molecule has 144 valence electrons. The predicted molar refractivity (Wildman–Crippen MR) is 111 cm³/mol. The molecule has 0 radical (unpaired) electrons. The van der Waals surface area contributed by atoms with Crippen LogP contribution in [-0.2, 0) is 5.75 Å². The van der Waals surface area contributed by atoms with Gasteiger partial charge < -0.3 is 10.6 Å². The quantitative estimate of drug-likeness (QED) is 0.782. The molecule has 27 heavy (non-hydrogen) atoms. The van der Waals surface area contributed by atoms with Crippen LogP contribution in [0.3, 0.4) is 0 Å². The molecule has 1 aliphatic heterocycles. The van der Waals surface area contributed by atoms with Crippen molar-refractivity contribution in [2.75, 3.05) is 18.4 Å². The van der Waals surface area contributed by atoms with Gasteiger partial charge >= 0.3 is 0 Å². The molecule has 2 fully saturated rings. The zero-order valence-corrected chi connectivity index (χ0v) is 16.5. The summed E-state index contributed by atoms with van der Waals surface area (Å²) in [5.74, 6) is 0.871. The first kappa shape index (κ1) is 18.6. The number of carbonyl (C=O) groups excluding carboxylic acids is 1. The fourth-order valence-electron chi connectivity index (χ4n) is 3.92. The summed E-state index contributed by atoms with van der Waals surface area (Å²) in [6.45, 7) is 1.99. The van der Waals surface area contributed by atoms with E-state index in [1.165, 1.54) is 31.2 Å². The monoisotopic (exact) mass is 384 g/mol. The van der Waals surface area contributed by atoms with Gasteiger partial charge in [-0.15, -0.1) is 0 Å². The average Bonchev–Trinajstić information content (AvgIpc) is 3.39. The van der Waals surface area contributed by atoms with Gasteiger partial charge in [-0.2, -0.15) is 16.9 Å². The summed E-state index contributed by atoms with van der Waals surface area (Å²) in [7, 11) is 0. The number of benzene rings is 1. The third kappa shape index (κ3) is 4.93. The van der Waals surface area contributed by atoms with Crippen LogP contribution in [-0.4, -0.2) is 34.0 Å². The molecule has 1 atom stereocenters. The number of rotatable bonds is 6. The Bertz CT molecular complexity index is 763. The number of hydrogen-bond acceptors (Lipinski definition) is 4. The molecule has 2 aromatic rings. The van der Waals surface area contributed by atoms with Crippen LogP contribution in [0.5, 0.6) is 0 Å². The second-order valence-corrected chi connectivity index (χ2v) is 8.84. The largest absolute Gasteiger partial charge is 0.321 e. The Labute approximate surface area is 165 Å². The molecule has 1 aromatic heterocycles. The summed E-state index contributed by atoms with van der Waals surface area (Å²) in [6.07, 6.45) is 9.62. The number of nitrogens with one attached hydrogen (secondary N) is 2. The fraction of sp³-hybridized carbons (Fsp3) is 0.524. The molecule has 1 amide bonds. The highest BCUT2D eigenvalue weighted by atomic mass is 32.2. The maximum Gasteiger partial charge on any atom is 0.276 e. The predicted octanol–water partition coefficient (Wildman–Crippen LogP) is 4.24. The van der Waals surface area contributed by atoms with Crippen LogP contribution in [0.4, 0.5) is 5.69 Å². The van der Waals surface area contributed by atoms with E-state index in [-0.39, 0.29) is 5.91 Å². The third-order valence-electron chi connectivity index (χ3n) is 5.46. The van der Waals surface area contributed by atoms with E-state index in [4.69, 9.17) is 0 Å². The molecule has 2 aliphatic rings. The molecular formula is C21H28N4OS. The van der Waals surface area contributed by atoms with Crippen LogP contribution < -0.4 is 10.6 Å². The highest BCUT2D eigenvalue weighted by molar-refractivity contribution is 7.99. The lowest BCUT2D eigenvalue weighted by molar-refractivity contribution is 0.102. The van der Waals surface area contributed by atoms with Gasteiger partial charge in [0.1, 0.15) is 0 Å². The van der Waals surface area contributed by atoms with E-state index in [1.54, 1.807) is 0 Å². The number of hydrogen-bond donors (Lipinski definition) is 2. The molecule has 6 heteroatoms. The molecule has 1 saturated carbocycles. The van der Waals surface area contributed by atoms with Crippen LogP contribution >= 0.6 is 11.8 Å². The summed E-state index contributed by atoms with van der Waals surface area (Å²) in [6, 6.07) is 10.3. The Kier molecular flexibility index (Phi) is 6.14. The Hall–Kier alpha value is -1.79. The second-order valence-electron chi connectivity index (χ2n) is 7.55. The molecule has 2 heterocycles. The van der Waals surface area contributed by atoms with Crippen molar-refractivity contribution in [3.8, 4) is 0 Å². The molecule has 1 unspecified atom stereocenters. The fourth-order valence-corrected chi connectivity index (χ4v) is 5.20. The lowest BCUT2D eigenvalue weighted by Crippen LogP contribution is -2.32. The first-order valence-corrected chi connectivity index (χ1v) is 11.1. The van der Waals surface area contributed by atoms with Crippen molar-refractivity contribution >= 4 is 23.4 Å². The van der Waals surface area contributed by atoms with E-state index in [2.05, 4.69) is 27.9 Å². The van der Waals surface area contributed by atoms with Gasteiger partial charge in [0, 0.05) is 29.4 Å². The van der Waals surface area contributed by atoms with Crippen LogP contribution in [0.25, 0.3) is 0 Å². The zero-order valence-electron chi connectivity index (χ0n) is 15.7. The van der Waals surface area contributed by atoms with Crippen molar-refractivity contribution < 1.29 is 4.79 Å². The lowest BCUT2D eigenvalue weighted by Gasteiger charge is -2.22. The molecular weight excluding hydrogens is 356 g/mol. The Morgan fingerprint density at radius 3 is 2.93 bits per heavy atom. The van der Waals surface area contributed by atoms with Crippen LogP contribution in [0.2, 0.25) is 0 Å². The van der Waals surface area contributed by atoms with Gasteiger partial charge in [0.05, 0.1) is 6.04 Å². The maximum atomic E-state index is 12.6. The normalized spacial score (nSPS) is 20.7. The molecule has 1 aliphatic carbocycles. The first-order chi connectivity index (χ1) is 13.3. The van der Waals surface area contributed by atoms with Gasteiger partial charge in [0.25, 0.3) is 5.91 Å². The van der Waals surface area contributed by atoms with E-state index in [0.717, 1.165) is 42.6 Å². The zero-order chi connectivity index (χ0) is 18.5. The second kappa shape index (κ2) is 8.93. The third-order valence-corrected chi connectivity index (χ3v) is 6.90. The van der Waals surface area contributed by atoms with Crippen LogP contribution in [0, 0.1) is 0 Å². The molecule has 1 saturated heterocycles. The van der Waals surface area contributed by atoms with Crippen LogP contribution in [0.1, 0.15) is 60.6 Å². The van der Waals surface area contributed by atoms with Crippen LogP contribution in [0.15, 0.2) is 36.5 Å².